The Morgan fingerprint density at radius 2 is 2.00 bits per heavy atom. The number of ether oxygens (including phenoxy) is 2. The zero-order valence-electron chi connectivity index (χ0n) is 12.7. The molecule has 2 saturated heterocycles. The summed E-state index contributed by atoms with van der Waals surface area (Å²) in [5.41, 5.74) is -0.424. The van der Waals surface area contributed by atoms with Gasteiger partial charge in [-0.25, -0.2) is 0 Å². The molecule has 0 aromatic rings. The van der Waals surface area contributed by atoms with Gasteiger partial charge >= 0.3 is 0 Å². The Balaban J connectivity index is 1.91. The van der Waals surface area contributed by atoms with Gasteiger partial charge in [-0.05, 0) is 18.9 Å². The lowest BCUT2D eigenvalue weighted by molar-refractivity contribution is -0.285. The first-order chi connectivity index (χ1) is 9.48. The summed E-state index contributed by atoms with van der Waals surface area (Å²) in [7, 11) is 0. The average Bonchev–Trinajstić information content (AvgIpc) is 2.76. The minimum absolute atomic E-state index is 0.304. The fraction of sp³-hybridized carbons (Fsp3) is 0.875. The van der Waals surface area contributed by atoms with Crippen molar-refractivity contribution < 1.29 is 19.7 Å². The van der Waals surface area contributed by atoms with Crippen LogP contribution in [0, 0.1) is 5.92 Å². The van der Waals surface area contributed by atoms with Crippen molar-refractivity contribution >= 4 is 0 Å². The minimum Gasteiger partial charge on any atom is -0.389 e. The van der Waals surface area contributed by atoms with Gasteiger partial charge in [0.15, 0.2) is 6.29 Å². The number of fused-ring (bicyclic) bond motifs is 1. The Hall–Kier alpha value is -0.420. The van der Waals surface area contributed by atoms with Crippen molar-refractivity contribution in [2.24, 2.45) is 5.92 Å². The molecule has 20 heavy (non-hydrogen) atoms. The van der Waals surface area contributed by atoms with Crippen LogP contribution in [0.1, 0.15) is 52.4 Å². The van der Waals surface area contributed by atoms with E-state index in [-0.39, 0.29) is 12.0 Å². The van der Waals surface area contributed by atoms with Crippen LogP contribution in [0.15, 0.2) is 12.2 Å². The van der Waals surface area contributed by atoms with Gasteiger partial charge in [-0.3, -0.25) is 0 Å². The van der Waals surface area contributed by atoms with Crippen LogP contribution in [-0.4, -0.2) is 40.9 Å². The number of aliphatic hydroxyl groups is 2. The Kier molecular flexibility index (Phi) is 5.24. The molecule has 2 heterocycles. The van der Waals surface area contributed by atoms with E-state index in [1.165, 1.54) is 19.3 Å². The van der Waals surface area contributed by atoms with E-state index in [0.29, 0.717) is 6.61 Å². The molecule has 0 aromatic carbocycles. The molecule has 0 aliphatic carbocycles. The quantitative estimate of drug-likeness (QED) is 0.581. The first kappa shape index (κ1) is 16.0. The second-order valence-electron chi connectivity index (χ2n) is 6.36. The average molecular weight is 284 g/mol. The molecule has 2 aliphatic rings. The van der Waals surface area contributed by atoms with Gasteiger partial charge in [-0.2, -0.15) is 0 Å². The molecule has 2 fully saturated rings. The van der Waals surface area contributed by atoms with Crippen molar-refractivity contribution in [3.8, 4) is 0 Å². The highest BCUT2D eigenvalue weighted by Gasteiger charge is 2.54. The highest BCUT2D eigenvalue weighted by Crippen LogP contribution is 2.42. The number of aliphatic hydroxyl groups excluding tert-OH is 1. The van der Waals surface area contributed by atoms with E-state index < -0.39 is 18.0 Å². The molecule has 0 aromatic heterocycles. The van der Waals surface area contributed by atoms with Gasteiger partial charge in [-0.1, -0.05) is 45.6 Å². The Morgan fingerprint density at radius 1 is 1.30 bits per heavy atom. The molecule has 0 saturated carbocycles. The topological polar surface area (TPSA) is 58.9 Å². The third kappa shape index (κ3) is 3.08. The molecular formula is C16H28O4. The predicted molar refractivity (Wildman–Crippen MR) is 77.2 cm³/mol. The zero-order valence-corrected chi connectivity index (χ0v) is 12.7. The van der Waals surface area contributed by atoms with Crippen molar-refractivity contribution in [3.63, 3.8) is 0 Å². The van der Waals surface area contributed by atoms with E-state index in [1.54, 1.807) is 6.92 Å². The third-order valence-electron chi connectivity index (χ3n) is 4.66. The summed E-state index contributed by atoms with van der Waals surface area (Å²) in [6, 6.07) is 0. The van der Waals surface area contributed by atoms with Crippen LogP contribution < -0.4 is 0 Å². The number of hydrogen-bond acceptors (Lipinski definition) is 4. The fourth-order valence-corrected chi connectivity index (χ4v) is 3.22. The van der Waals surface area contributed by atoms with Crippen LogP contribution in [0.2, 0.25) is 0 Å². The summed E-state index contributed by atoms with van der Waals surface area (Å²) in [4.78, 5) is 0. The summed E-state index contributed by atoms with van der Waals surface area (Å²) < 4.78 is 11.4. The normalized spacial score (nSPS) is 40.9. The summed E-state index contributed by atoms with van der Waals surface area (Å²) in [5, 5.41) is 21.0. The van der Waals surface area contributed by atoms with E-state index in [0.717, 1.165) is 24.8 Å². The first-order valence-electron chi connectivity index (χ1n) is 7.83. The minimum atomic E-state index is -1.23. The maximum absolute atomic E-state index is 10.6. The second-order valence-corrected chi connectivity index (χ2v) is 6.36. The molecule has 2 aliphatic heterocycles. The maximum Gasteiger partial charge on any atom is 0.167 e. The predicted octanol–water partition coefficient (Wildman–Crippen LogP) is 2.39. The maximum atomic E-state index is 10.6. The van der Waals surface area contributed by atoms with E-state index in [4.69, 9.17) is 9.47 Å². The van der Waals surface area contributed by atoms with Gasteiger partial charge in [-0.15, -0.1) is 0 Å². The van der Waals surface area contributed by atoms with Crippen LogP contribution in [0.3, 0.4) is 0 Å². The van der Waals surface area contributed by atoms with E-state index in [2.05, 4.69) is 13.5 Å². The van der Waals surface area contributed by atoms with Crippen molar-refractivity contribution in [1.29, 1.82) is 0 Å². The third-order valence-corrected chi connectivity index (χ3v) is 4.66. The molecule has 2 rings (SSSR count). The van der Waals surface area contributed by atoms with Gasteiger partial charge in [0.25, 0.3) is 0 Å². The van der Waals surface area contributed by atoms with Gasteiger partial charge in [0.2, 0.25) is 0 Å². The van der Waals surface area contributed by atoms with Crippen LogP contribution in [0.25, 0.3) is 0 Å². The fourth-order valence-electron chi connectivity index (χ4n) is 3.22. The van der Waals surface area contributed by atoms with Crippen molar-refractivity contribution in [3.05, 3.63) is 12.2 Å². The molecule has 116 valence electrons. The Morgan fingerprint density at radius 3 is 2.70 bits per heavy atom. The molecule has 0 radical (unpaired) electrons. The lowest BCUT2D eigenvalue weighted by Gasteiger charge is -2.46. The van der Waals surface area contributed by atoms with E-state index >= 15 is 0 Å². The van der Waals surface area contributed by atoms with Crippen molar-refractivity contribution in [1.82, 2.24) is 0 Å². The molecule has 5 atom stereocenters. The standard InChI is InChI=1S/C16H28O4/c1-4-5-6-7-8-9-12-16(3,18)14(17)13-11(2)10-19-15(13)20-12/h12-15,17-18H,2,4-10H2,1,3H3/t12-,13-,14-,15+,16+/m1/s1. The van der Waals surface area contributed by atoms with Crippen molar-refractivity contribution in [2.45, 2.75) is 76.5 Å². The first-order valence-corrected chi connectivity index (χ1v) is 7.83. The highest BCUT2D eigenvalue weighted by atomic mass is 16.7. The van der Waals surface area contributed by atoms with Crippen LogP contribution in [-0.2, 0) is 9.47 Å². The van der Waals surface area contributed by atoms with Crippen molar-refractivity contribution in [2.75, 3.05) is 6.61 Å². The Labute approximate surface area is 121 Å². The number of hydrogen-bond donors (Lipinski definition) is 2. The van der Waals surface area contributed by atoms with Gasteiger partial charge in [0.1, 0.15) is 5.60 Å². The van der Waals surface area contributed by atoms with E-state index in [1.807, 2.05) is 0 Å². The number of rotatable bonds is 6. The SMILES string of the molecule is C=C1CO[C@H]2O[C@H](CCCCCCC)[C@](C)(O)[C@H](O)[C@@H]12. The summed E-state index contributed by atoms with van der Waals surface area (Å²) in [6.07, 6.45) is 4.91. The number of unbranched alkanes of at least 4 members (excludes halogenated alkanes) is 4. The summed E-state index contributed by atoms with van der Waals surface area (Å²) in [6.45, 7) is 8.16. The van der Waals surface area contributed by atoms with Gasteiger partial charge in [0.05, 0.1) is 24.7 Å². The lowest BCUT2D eigenvalue weighted by Crippen LogP contribution is -2.61. The van der Waals surface area contributed by atoms with Crippen LogP contribution >= 0.6 is 0 Å². The summed E-state index contributed by atoms with van der Waals surface area (Å²) in [5.74, 6) is -0.304. The second kappa shape index (κ2) is 6.56. The molecule has 0 amide bonds. The largest absolute Gasteiger partial charge is 0.389 e. The molecule has 0 spiro atoms. The van der Waals surface area contributed by atoms with Gasteiger partial charge < -0.3 is 19.7 Å². The lowest BCUT2D eigenvalue weighted by atomic mass is 9.77. The smallest absolute Gasteiger partial charge is 0.167 e. The monoisotopic (exact) mass is 284 g/mol. The molecule has 4 nitrogen and oxygen atoms in total. The molecule has 2 N–H and O–H groups in total. The zero-order chi connectivity index (χ0) is 14.8. The molecule has 4 heteroatoms. The Bertz CT molecular complexity index is 339. The van der Waals surface area contributed by atoms with Crippen LogP contribution in [0.4, 0.5) is 0 Å². The molecule has 0 bridgehead atoms. The van der Waals surface area contributed by atoms with Gasteiger partial charge in [0, 0.05) is 0 Å². The van der Waals surface area contributed by atoms with E-state index in [9.17, 15) is 10.2 Å². The molecular weight excluding hydrogens is 256 g/mol. The molecule has 0 unspecified atom stereocenters. The summed E-state index contributed by atoms with van der Waals surface area (Å²) >= 11 is 0. The highest BCUT2D eigenvalue weighted by molar-refractivity contribution is 5.15. The van der Waals surface area contributed by atoms with Crippen LogP contribution in [0.5, 0.6) is 0 Å².